The smallest absolute Gasteiger partial charge is 0.0346 e. The Kier molecular flexibility index (Phi) is 3.28. The molecular formula is C16H20N2. The predicted octanol–water partition coefficient (Wildman–Crippen LogP) is 3.61. The van der Waals surface area contributed by atoms with Crippen LogP contribution in [-0.4, -0.2) is 11.0 Å². The molecule has 3 rings (SSSR count). The first-order chi connectivity index (χ1) is 8.84. The molecule has 0 saturated heterocycles. The molecule has 1 fully saturated rings. The number of nitrogens with two attached hydrogens (primary N) is 1. The average Bonchev–Trinajstić information content (AvgIpc) is 2.63. The molecule has 2 unspecified atom stereocenters. The van der Waals surface area contributed by atoms with E-state index in [1.807, 2.05) is 12.4 Å². The summed E-state index contributed by atoms with van der Waals surface area (Å²) in [5, 5.41) is 2.60. The van der Waals surface area contributed by atoms with Crippen LogP contribution in [0, 0.1) is 0 Å². The van der Waals surface area contributed by atoms with Gasteiger partial charge in [-0.25, -0.2) is 0 Å². The molecule has 2 aromatic rings. The minimum Gasteiger partial charge on any atom is -0.328 e. The number of rotatable bonds is 1. The molecule has 94 valence electrons. The average molecular weight is 240 g/mol. The molecular weight excluding hydrogens is 220 g/mol. The quantitative estimate of drug-likeness (QED) is 0.773. The fraction of sp³-hybridized carbons (Fsp3) is 0.438. The molecule has 1 heterocycles. The van der Waals surface area contributed by atoms with Gasteiger partial charge in [-0.05, 0) is 42.2 Å². The van der Waals surface area contributed by atoms with E-state index in [-0.39, 0.29) is 0 Å². The van der Waals surface area contributed by atoms with Gasteiger partial charge in [0.05, 0.1) is 0 Å². The standard InChI is InChI=1S/C16H20N2/c17-14-6-2-1-4-12(10-14)15-7-3-5-13-11-18-9-8-16(13)15/h3,5,7-9,11-12,14H,1-2,4,6,10,17H2. The van der Waals surface area contributed by atoms with Crippen molar-refractivity contribution in [1.29, 1.82) is 0 Å². The predicted molar refractivity (Wildman–Crippen MR) is 75.5 cm³/mol. The number of nitrogens with zero attached hydrogens (tertiary/aromatic N) is 1. The molecule has 2 heteroatoms. The van der Waals surface area contributed by atoms with E-state index >= 15 is 0 Å². The highest BCUT2D eigenvalue weighted by Crippen LogP contribution is 2.34. The summed E-state index contributed by atoms with van der Waals surface area (Å²) in [5.74, 6) is 0.619. The lowest BCUT2D eigenvalue weighted by atomic mass is 9.87. The normalized spacial score (nSPS) is 24.9. The molecule has 0 radical (unpaired) electrons. The van der Waals surface area contributed by atoms with E-state index in [1.54, 1.807) is 0 Å². The Morgan fingerprint density at radius 1 is 1.11 bits per heavy atom. The van der Waals surface area contributed by atoms with Crippen molar-refractivity contribution in [3.63, 3.8) is 0 Å². The summed E-state index contributed by atoms with van der Waals surface area (Å²) in [5.41, 5.74) is 7.66. The fourth-order valence-corrected chi connectivity index (χ4v) is 3.18. The molecule has 2 atom stereocenters. The van der Waals surface area contributed by atoms with E-state index in [0.717, 1.165) is 6.42 Å². The zero-order valence-corrected chi connectivity index (χ0v) is 10.7. The minimum atomic E-state index is 0.370. The van der Waals surface area contributed by atoms with Crippen LogP contribution < -0.4 is 5.73 Å². The van der Waals surface area contributed by atoms with Crippen molar-refractivity contribution in [3.8, 4) is 0 Å². The van der Waals surface area contributed by atoms with Gasteiger partial charge in [-0.2, -0.15) is 0 Å². The lowest BCUT2D eigenvalue weighted by Gasteiger charge is -2.19. The SMILES string of the molecule is NC1CCCCC(c2cccc3cnccc23)C1. The van der Waals surface area contributed by atoms with Gasteiger partial charge in [-0.15, -0.1) is 0 Å². The van der Waals surface area contributed by atoms with Gasteiger partial charge in [0.15, 0.2) is 0 Å². The van der Waals surface area contributed by atoms with Crippen molar-refractivity contribution in [3.05, 3.63) is 42.2 Å². The second kappa shape index (κ2) is 5.07. The summed E-state index contributed by atoms with van der Waals surface area (Å²) in [4.78, 5) is 4.21. The summed E-state index contributed by atoms with van der Waals surface area (Å²) in [6, 6.07) is 9.07. The van der Waals surface area contributed by atoms with Crippen LogP contribution in [0.4, 0.5) is 0 Å². The third kappa shape index (κ3) is 2.25. The zero-order chi connectivity index (χ0) is 12.4. The van der Waals surface area contributed by atoms with Crippen molar-refractivity contribution < 1.29 is 0 Å². The summed E-state index contributed by atoms with van der Waals surface area (Å²) in [6.07, 6.45) is 10.0. The molecule has 1 aliphatic rings. The van der Waals surface area contributed by atoms with Gasteiger partial charge in [0.1, 0.15) is 0 Å². The van der Waals surface area contributed by atoms with Crippen molar-refractivity contribution >= 4 is 10.8 Å². The van der Waals surface area contributed by atoms with E-state index in [1.165, 1.54) is 42.0 Å². The highest BCUT2D eigenvalue weighted by atomic mass is 14.6. The third-order valence-electron chi connectivity index (χ3n) is 4.12. The van der Waals surface area contributed by atoms with Gasteiger partial charge in [0, 0.05) is 23.8 Å². The molecule has 0 bridgehead atoms. The molecule has 1 aromatic carbocycles. The van der Waals surface area contributed by atoms with Crippen LogP contribution in [0.2, 0.25) is 0 Å². The molecule has 0 aliphatic heterocycles. The van der Waals surface area contributed by atoms with Crippen molar-refractivity contribution in [1.82, 2.24) is 4.98 Å². The van der Waals surface area contributed by atoms with Crippen molar-refractivity contribution in [2.24, 2.45) is 5.73 Å². The van der Waals surface area contributed by atoms with Crippen LogP contribution in [0.3, 0.4) is 0 Å². The highest BCUT2D eigenvalue weighted by molar-refractivity contribution is 5.85. The molecule has 0 amide bonds. The molecule has 1 aromatic heterocycles. The molecule has 1 saturated carbocycles. The van der Waals surface area contributed by atoms with Gasteiger partial charge in [-0.3, -0.25) is 4.98 Å². The summed E-state index contributed by atoms with van der Waals surface area (Å²) >= 11 is 0. The maximum absolute atomic E-state index is 6.19. The second-order valence-electron chi connectivity index (χ2n) is 5.42. The Hall–Kier alpha value is -1.41. The van der Waals surface area contributed by atoms with Crippen LogP contribution in [0.1, 0.15) is 43.6 Å². The molecule has 2 nitrogen and oxygen atoms in total. The Balaban J connectivity index is 2.02. The molecule has 18 heavy (non-hydrogen) atoms. The number of aromatic nitrogens is 1. The Bertz CT molecular complexity index is 530. The summed E-state index contributed by atoms with van der Waals surface area (Å²) in [7, 11) is 0. The summed E-state index contributed by atoms with van der Waals surface area (Å²) < 4.78 is 0. The topological polar surface area (TPSA) is 38.9 Å². The number of fused-ring (bicyclic) bond motifs is 1. The van der Waals surface area contributed by atoms with Crippen molar-refractivity contribution in [2.75, 3.05) is 0 Å². The van der Waals surface area contributed by atoms with Gasteiger partial charge in [0.2, 0.25) is 0 Å². The Labute approximate surface area is 108 Å². The molecule has 0 spiro atoms. The van der Waals surface area contributed by atoms with Crippen LogP contribution in [0.15, 0.2) is 36.7 Å². The van der Waals surface area contributed by atoms with E-state index in [0.29, 0.717) is 12.0 Å². The third-order valence-corrected chi connectivity index (χ3v) is 4.12. The lowest BCUT2D eigenvalue weighted by Crippen LogP contribution is -2.20. The molecule has 2 N–H and O–H groups in total. The van der Waals surface area contributed by atoms with E-state index in [4.69, 9.17) is 5.73 Å². The van der Waals surface area contributed by atoms with Gasteiger partial charge < -0.3 is 5.73 Å². The fourth-order valence-electron chi connectivity index (χ4n) is 3.18. The first-order valence-electron chi connectivity index (χ1n) is 6.93. The Morgan fingerprint density at radius 3 is 2.94 bits per heavy atom. The van der Waals surface area contributed by atoms with Crippen LogP contribution in [0.5, 0.6) is 0 Å². The lowest BCUT2D eigenvalue weighted by molar-refractivity contribution is 0.538. The van der Waals surface area contributed by atoms with E-state index < -0.39 is 0 Å². The van der Waals surface area contributed by atoms with Gasteiger partial charge in [-0.1, -0.05) is 31.0 Å². The first-order valence-corrected chi connectivity index (χ1v) is 6.93. The van der Waals surface area contributed by atoms with Gasteiger partial charge in [0.25, 0.3) is 0 Å². The highest BCUT2D eigenvalue weighted by Gasteiger charge is 2.20. The summed E-state index contributed by atoms with van der Waals surface area (Å²) in [6.45, 7) is 0. The van der Waals surface area contributed by atoms with Crippen LogP contribution >= 0.6 is 0 Å². The minimum absolute atomic E-state index is 0.370. The van der Waals surface area contributed by atoms with E-state index in [9.17, 15) is 0 Å². The maximum atomic E-state index is 6.19. The first kappa shape index (κ1) is 11.7. The number of hydrogen-bond acceptors (Lipinski definition) is 2. The monoisotopic (exact) mass is 240 g/mol. The molecule has 1 aliphatic carbocycles. The van der Waals surface area contributed by atoms with Gasteiger partial charge >= 0.3 is 0 Å². The largest absolute Gasteiger partial charge is 0.328 e. The number of benzene rings is 1. The van der Waals surface area contributed by atoms with Crippen LogP contribution in [-0.2, 0) is 0 Å². The number of pyridine rings is 1. The Morgan fingerprint density at radius 2 is 2.00 bits per heavy atom. The maximum Gasteiger partial charge on any atom is 0.0346 e. The van der Waals surface area contributed by atoms with Crippen molar-refractivity contribution in [2.45, 2.75) is 44.1 Å². The second-order valence-corrected chi connectivity index (χ2v) is 5.42. The number of hydrogen-bond donors (Lipinski definition) is 1. The van der Waals surface area contributed by atoms with E-state index in [2.05, 4.69) is 29.2 Å². The van der Waals surface area contributed by atoms with Crippen LogP contribution in [0.25, 0.3) is 10.8 Å². The zero-order valence-electron chi connectivity index (χ0n) is 10.7.